The van der Waals surface area contributed by atoms with E-state index < -0.39 is 58.0 Å². The van der Waals surface area contributed by atoms with Crippen molar-refractivity contribution >= 4 is 40.4 Å². The molecule has 1 saturated carbocycles. The smallest absolute Gasteiger partial charge is 0.302 e. The molecule has 0 aliphatic heterocycles. The predicted molar refractivity (Wildman–Crippen MR) is 167 cm³/mol. The van der Waals surface area contributed by atoms with Crippen LogP contribution in [0.2, 0.25) is 0 Å². The van der Waals surface area contributed by atoms with Gasteiger partial charge in [0.05, 0.1) is 17.3 Å². The van der Waals surface area contributed by atoms with E-state index in [1.165, 1.54) is 19.0 Å². The molecule has 0 bridgehead atoms. The Morgan fingerprint density at radius 3 is 2.41 bits per heavy atom. The Labute approximate surface area is 264 Å². The number of hydrogen-bond acceptors (Lipinski definition) is 13. The number of Topliss-reactive ketones (excluding diaryl/α,β-unsaturated/α-hetero) is 3. The summed E-state index contributed by atoms with van der Waals surface area (Å²) in [6, 6.07) is 9.34. The second-order valence-electron chi connectivity index (χ2n) is 12.1. The molecule has 4 atom stereocenters. The van der Waals surface area contributed by atoms with Crippen LogP contribution in [0.1, 0.15) is 34.3 Å². The van der Waals surface area contributed by atoms with Crippen molar-refractivity contribution < 1.29 is 39.3 Å². The maximum atomic E-state index is 14.2. The van der Waals surface area contributed by atoms with E-state index in [1.807, 2.05) is 11.0 Å². The molecule has 46 heavy (non-hydrogen) atoms. The lowest BCUT2D eigenvalue weighted by atomic mass is 9.57. The second kappa shape index (κ2) is 12.1. The van der Waals surface area contributed by atoms with Crippen molar-refractivity contribution in [3.05, 3.63) is 70.0 Å². The van der Waals surface area contributed by atoms with Crippen LogP contribution in [-0.2, 0) is 20.8 Å². The second-order valence-corrected chi connectivity index (χ2v) is 12.1. The SMILES string of the molecule is CN(C)c1cc(NCCC(=O)c2ccccc2)c(ON)c2c1C[C@H]1C[C@H]3[C@H](N(C)C)C(=O)C(C(=O)N=N)=C(O)[C@@]3(O)C(=O)C1=C2O. The van der Waals surface area contributed by atoms with Gasteiger partial charge in [-0.2, -0.15) is 5.90 Å². The van der Waals surface area contributed by atoms with Crippen LogP contribution in [0.15, 0.2) is 58.4 Å². The molecule has 7 N–H and O–H groups in total. The summed E-state index contributed by atoms with van der Waals surface area (Å²) in [6.45, 7) is 0.187. The van der Waals surface area contributed by atoms with Crippen molar-refractivity contribution in [3.63, 3.8) is 0 Å². The quantitative estimate of drug-likeness (QED) is 0.102. The number of amides is 1. The topological polar surface area (TPSA) is 219 Å². The molecule has 14 heteroatoms. The maximum absolute atomic E-state index is 14.2. The molecule has 2 aromatic carbocycles. The zero-order valence-corrected chi connectivity index (χ0v) is 25.8. The van der Waals surface area contributed by atoms with E-state index in [2.05, 4.69) is 10.4 Å². The third kappa shape index (κ3) is 4.94. The lowest BCUT2D eigenvalue weighted by Crippen LogP contribution is -2.65. The standard InChI is InChI=1S/C32H36N6O8/c1-37(2)20-14-19(35-11-10-21(39)15-8-6-5-7-9-15)28(46-34)23-17(20)12-16-13-18-25(38(3)4)27(41)24(31(44)36-33)30(43)32(18,45)29(42)22(16)26(23)40/h5-9,14,16,18,25,33,35,40,43,45H,10-13,34H2,1-4H3/t16-,18-,25-,32-/m0/s1. The monoisotopic (exact) mass is 632 g/mol. The van der Waals surface area contributed by atoms with Gasteiger partial charge < -0.3 is 30.4 Å². The zero-order valence-electron chi connectivity index (χ0n) is 25.8. The number of likely N-dealkylation sites (N-methyl/N-ethyl adjacent to an activating group) is 1. The molecule has 2 aromatic rings. The Morgan fingerprint density at radius 1 is 1.15 bits per heavy atom. The summed E-state index contributed by atoms with van der Waals surface area (Å²) >= 11 is 0. The van der Waals surface area contributed by atoms with Crippen molar-refractivity contribution in [1.29, 1.82) is 5.53 Å². The molecule has 0 heterocycles. The summed E-state index contributed by atoms with van der Waals surface area (Å²) in [7, 11) is 6.66. The van der Waals surface area contributed by atoms with Crippen molar-refractivity contribution in [3.8, 4) is 5.75 Å². The number of hydrogen-bond donors (Lipinski definition) is 6. The lowest BCUT2D eigenvalue weighted by molar-refractivity contribution is -0.153. The number of carbonyl (C=O) groups excluding carboxylic acids is 4. The molecule has 0 saturated heterocycles. The molecular weight excluding hydrogens is 596 g/mol. The first-order chi connectivity index (χ1) is 21.8. The number of aliphatic hydroxyl groups is 3. The first-order valence-electron chi connectivity index (χ1n) is 14.6. The molecular formula is C32H36N6O8. The lowest BCUT2D eigenvalue weighted by Gasteiger charge is -2.50. The predicted octanol–water partition coefficient (Wildman–Crippen LogP) is 2.33. The zero-order chi connectivity index (χ0) is 33.7. The first kappa shape index (κ1) is 32.5. The third-order valence-corrected chi connectivity index (χ3v) is 9.11. The summed E-state index contributed by atoms with van der Waals surface area (Å²) in [4.78, 5) is 61.3. The van der Waals surface area contributed by atoms with Gasteiger partial charge in [-0.3, -0.25) is 24.1 Å². The van der Waals surface area contributed by atoms with Crippen molar-refractivity contribution in [1.82, 2.24) is 4.90 Å². The number of carbonyl (C=O) groups is 4. The Morgan fingerprint density at radius 2 is 1.83 bits per heavy atom. The van der Waals surface area contributed by atoms with Gasteiger partial charge in [0, 0.05) is 49.8 Å². The Hall–Kier alpha value is -4.92. The number of anilines is 2. The number of aliphatic hydroxyl groups excluding tert-OH is 2. The number of nitrogens with zero attached hydrogens (tertiary/aromatic N) is 3. The van der Waals surface area contributed by atoms with Gasteiger partial charge in [0.15, 0.2) is 22.9 Å². The molecule has 242 valence electrons. The number of nitrogens with one attached hydrogen (secondary N) is 2. The van der Waals surface area contributed by atoms with Crippen LogP contribution >= 0.6 is 0 Å². The van der Waals surface area contributed by atoms with Gasteiger partial charge in [-0.15, -0.1) is 5.11 Å². The molecule has 0 unspecified atom stereocenters. The van der Waals surface area contributed by atoms with Crippen molar-refractivity contribution in [2.75, 3.05) is 45.0 Å². The maximum Gasteiger partial charge on any atom is 0.302 e. The largest absolute Gasteiger partial charge is 0.508 e. The highest BCUT2D eigenvalue weighted by Gasteiger charge is 2.64. The number of fused-ring (bicyclic) bond motifs is 3. The average Bonchev–Trinajstić information content (AvgIpc) is 3.02. The van der Waals surface area contributed by atoms with Gasteiger partial charge in [-0.05, 0) is 44.5 Å². The summed E-state index contributed by atoms with van der Waals surface area (Å²) in [6.07, 6.45) is 0.288. The van der Waals surface area contributed by atoms with E-state index >= 15 is 0 Å². The minimum atomic E-state index is -2.77. The highest BCUT2D eigenvalue weighted by molar-refractivity contribution is 6.25. The van der Waals surface area contributed by atoms with Crippen LogP contribution in [0, 0.1) is 17.4 Å². The van der Waals surface area contributed by atoms with E-state index in [4.69, 9.17) is 16.3 Å². The third-order valence-electron chi connectivity index (χ3n) is 9.11. The van der Waals surface area contributed by atoms with Crippen LogP contribution in [0.5, 0.6) is 5.75 Å². The van der Waals surface area contributed by atoms with Crippen LogP contribution in [0.25, 0.3) is 5.76 Å². The molecule has 0 spiro atoms. The van der Waals surface area contributed by atoms with Gasteiger partial charge >= 0.3 is 5.91 Å². The van der Waals surface area contributed by atoms with E-state index in [9.17, 15) is 34.5 Å². The summed E-state index contributed by atoms with van der Waals surface area (Å²) in [5, 5.41) is 40.7. The number of benzene rings is 2. The van der Waals surface area contributed by atoms with Gasteiger partial charge in [0.1, 0.15) is 17.1 Å². The molecule has 3 aliphatic carbocycles. The summed E-state index contributed by atoms with van der Waals surface area (Å²) in [5.74, 6) is -1.36. The highest BCUT2D eigenvalue weighted by atomic mass is 16.6. The average molecular weight is 633 g/mol. The van der Waals surface area contributed by atoms with E-state index in [1.54, 1.807) is 44.4 Å². The van der Waals surface area contributed by atoms with Gasteiger partial charge in [0.25, 0.3) is 0 Å². The molecule has 1 fully saturated rings. The number of ketones is 3. The van der Waals surface area contributed by atoms with Crippen molar-refractivity contribution in [2.45, 2.75) is 30.9 Å². The van der Waals surface area contributed by atoms with Gasteiger partial charge in [0.2, 0.25) is 5.78 Å². The normalized spacial score (nSPS) is 23.8. The van der Waals surface area contributed by atoms with Gasteiger partial charge in [-0.25, -0.2) is 5.53 Å². The Balaban J connectivity index is 1.62. The molecule has 1 amide bonds. The molecule has 0 radical (unpaired) electrons. The van der Waals surface area contributed by atoms with E-state index in [0.717, 1.165) is 0 Å². The summed E-state index contributed by atoms with van der Waals surface area (Å²) < 4.78 is 0. The number of rotatable bonds is 9. The first-order valence-corrected chi connectivity index (χ1v) is 14.6. The van der Waals surface area contributed by atoms with Crippen LogP contribution in [0.4, 0.5) is 11.4 Å². The molecule has 5 rings (SSSR count). The molecule has 3 aliphatic rings. The molecule has 0 aromatic heterocycles. The van der Waals surface area contributed by atoms with Crippen molar-refractivity contribution in [2.24, 2.45) is 22.8 Å². The van der Waals surface area contributed by atoms with Crippen LogP contribution in [0.3, 0.4) is 0 Å². The minimum Gasteiger partial charge on any atom is -0.508 e. The Bertz CT molecular complexity index is 1720. The van der Waals surface area contributed by atoms with E-state index in [-0.39, 0.29) is 48.5 Å². The highest BCUT2D eigenvalue weighted by Crippen LogP contribution is 2.54. The minimum absolute atomic E-state index is 0.00764. The number of nitrogens with two attached hydrogens (primary N) is 1. The van der Waals surface area contributed by atoms with Crippen LogP contribution in [-0.4, -0.2) is 89.9 Å². The molecule has 14 nitrogen and oxygen atoms in total. The fourth-order valence-corrected chi connectivity index (χ4v) is 7.03. The van der Waals surface area contributed by atoms with Crippen LogP contribution < -0.4 is 21.0 Å². The fraction of sp³-hybridized carbons (Fsp3) is 0.375. The summed E-state index contributed by atoms with van der Waals surface area (Å²) in [5.41, 5.74) is 5.41. The Kier molecular flexibility index (Phi) is 8.55. The fourth-order valence-electron chi connectivity index (χ4n) is 7.03. The van der Waals surface area contributed by atoms with Gasteiger partial charge in [-0.1, -0.05) is 30.3 Å². The van der Waals surface area contributed by atoms with E-state index in [0.29, 0.717) is 22.5 Å².